The summed E-state index contributed by atoms with van der Waals surface area (Å²) >= 11 is 0. The molecule has 3 heterocycles. The largest absolute Gasteiger partial charge is 0.507 e. The van der Waals surface area contributed by atoms with Crippen LogP contribution < -0.4 is 10.2 Å². The molecule has 0 saturated carbocycles. The molecule has 2 fully saturated rings. The molecule has 9 N–H and O–H groups in total. The fourth-order valence-corrected chi connectivity index (χ4v) is 4.83. The molecule has 5 rings (SSSR count). The van der Waals surface area contributed by atoms with Crippen LogP contribution in [0.3, 0.4) is 0 Å². The van der Waals surface area contributed by atoms with Crippen molar-refractivity contribution in [3.63, 3.8) is 0 Å². The van der Waals surface area contributed by atoms with Gasteiger partial charge in [-0.05, 0) is 25.1 Å². The van der Waals surface area contributed by atoms with Gasteiger partial charge in [-0.2, -0.15) is 0 Å². The molecule has 1 radical (unpaired) electrons. The third-order valence-corrected chi connectivity index (χ3v) is 7.28. The molecule has 2 aliphatic heterocycles. The number of hydrogen-bond acceptors (Lipinski definition) is 15. The van der Waals surface area contributed by atoms with Crippen molar-refractivity contribution in [1.29, 1.82) is 0 Å². The number of fused-ring (bicyclic) bond motifs is 1. The average molecular weight is 610 g/mol. The number of rotatable bonds is 6. The van der Waals surface area contributed by atoms with Gasteiger partial charge in [-0.25, -0.2) is 0 Å². The third-order valence-electron chi connectivity index (χ3n) is 7.28. The van der Waals surface area contributed by atoms with Crippen molar-refractivity contribution in [2.24, 2.45) is 0 Å². The Labute approximate surface area is 241 Å². The first kappa shape index (κ1) is 30.7. The molecule has 0 unspecified atom stereocenters. The topological polar surface area (TPSA) is 269 Å². The Hall–Kier alpha value is -3.71. The minimum atomic E-state index is -1.98. The van der Waals surface area contributed by atoms with E-state index in [9.17, 15) is 55.9 Å². The monoisotopic (exact) mass is 609 g/mol. The van der Waals surface area contributed by atoms with Crippen LogP contribution >= 0.6 is 0 Å². The molecule has 10 atom stereocenters. The number of phenols is 3. The lowest BCUT2D eigenvalue weighted by Crippen LogP contribution is -2.61. The second-order valence-corrected chi connectivity index (χ2v) is 10.3. The Morgan fingerprint density at radius 1 is 0.767 bits per heavy atom. The Balaban J connectivity index is 1.48. The van der Waals surface area contributed by atoms with Gasteiger partial charge in [0.15, 0.2) is 29.3 Å². The summed E-state index contributed by atoms with van der Waals surface area (Å²) in [6.45, 7) is 0.808. The fraction of sp³-hybridized carbons (Fsp3) is 0.444. The van der Waals surface area contributed by atoms with E-state index in [0.717, 1.165) is 24.3 Å². The smallest absolute Gasteiger partial charge is 0.239 e. The molecule has 1 aromatic heterocycles. The van der Waals surface area contributed by atoms with Crippen LogP contribution in [-0.4, -0.2) is 114 Å². The summed E-state index contributed by atoms with van der Waals surface area (Å²) in [7, 11) is 0. The zero-order valence-corrected chi connectivity index (χ0v) is 22.3. The number of benzene rings is 2. The molecule has 0 bridgehead atoms. The van der Waals surface area contributed by atoms with Gasteiger partial charge in [0.05, 0.1) is 12.7 Å². The zero-order valence-electron chi connectivity index (χ0n) is 22.3. The highest BCUT2D eigenvalue weighted by Crippen LogP contribution is 2.39. The Morgan fingerprint density at radius 3 is 2.14 bits per heavy atom. The standard InChI is InChI=1S/C27H29O16/c1-8-17(32)20(35)22(37)26(40-8)39-7-15-18(33)21(36)23(38)27(42-15)43-25-19(34)16-13(31)5-10(28)6-14(16)41-24(25)9-2-3-11(29)12(30)4-9/h2-6,8,15,17-18,20-23,26-27,29-33,35-38H,7H2,1H3/t8-,15+,17-,18+,20+,21-,22+,23+,26+,27-/m0/s1. The second-order valence-electron chi connectivity index (χ2n) is 10.3. The molecular weight excluding hydrogens is 580 g/mol. The van der Waals surface area contributed by atoms with E-state index in [-0.39, 0.29) is 11.1 Å². The number of aliphatic hydroxyl groups is 6. The molecule has 233 valence electrons. The normalized spacial score (nSPS) is 33.0. The molecular formula is C27H29O16. The van der Waals surface area contributed by atoms with Crippen molar-refractivity contribution < 1.29 is 74.4 Å². The second kappa shape index (κ2) is 11.8. The first-order valence-electron chi connectivity index (χ1n) is 13.0. The maximum Gasteiger partial charge on any atom is 0.239 e. The summed E-state index contributed by atoms with van der Waals surface area (Å²) in [5.74, 6) is -3.71. The van der Waals surface area contributed by atoms with Crippen LogP contribution in [0.5, 0.6) is 28.7 Å². The lowest BCUT2D eigenvalue weighted by Gasteiger charge is -2.42. The average Bonchev–Trinajstić information content (AvgIpc) is 2.96. The predicted molar refractivity (Wildman–Crippen MR) is 139 cm³/mol. The minimum Gasteiger partial charge on any atom is -0.507 e. The number of aromatic hydroxyl groups is 3. The van der Waals surface area contributed by atoms with Crippen LogP contribution in [0.25, 0.3) is 22.3 Å². The lowest BCUT2D eigenvalue weighted by atomic mass is 9.98. The molecule has 0 amide bonds. The molecule has 2 aromatic carbocycles. The number of phenolic OH excluding ortho intramolecular Hbond substituents is 3. The highest BCUT2D eigenvalue weighted by molar-refractivity contribution is 5.88. The maximum atomic E-state index is 13.5. The number of hydrogen-bond donors (Lipinski definition) is 9. The third kappa shape index (κ3) is 5.67. The number of ether oxygens (including phenoxy) is 4. The van der Waals surface area contributed by atoms with Gasteiger partial charge in [0.1, 0.15) is 59.4 Å². The van der Waals surface area contributed by atoms with E-state index in [1.54, 1.807) is 0 Å². The van der Waals surface area contributed by atoms with Crippen molar-refractivity contribution in [1.82, 2.24) is 0 Å². The van der Waals surface area contributed by atoms with Crippen LogP contribution in [0.1, 0.15) is 6.92 Å². The summed E-state index contributed by atoms with van der Waals surface area (Å²) in [4.78, 5) is 13.5. The molecule has 2 aliphatic rings. The molecule has 43 heavy (non-hydrogen) atoms. The van der Waals surface area contributed by atoms with Crippen molar-refractivity contribution in [2.75, 3.05) is 6.61 Å². The van der Waals surface area contributed by atoms with Crippen LogP contribution in [0.2, 0.25) is 0 Å². The first-order valence-corrected chi connectivity index (χ1v) is 13.0. The summed E-state index contributed by atoms with van der Waals surface area (Å²) in [5.41, 5.74) is -1.46. The van der Waals surface area contributed by atoms with E-state index in [4.69, 9.17) is 23.4 Å². The van der Waals surface area contributed by atoms with E-state index < -0.39 is 113 Å². The van der Waals surface area contributed by atoms with Crippen molar-refractivity contribution in [2.45, 2.75) is 68.3 Å². The summed E-state index contributed by atoms with van der Waals surface area (Å²) in [6.07, 6.45) is -16.2. The van der Waals surface area contributed by atoms with E-state index in [1.807, 2.05) is 0 Å². The first-order chi connectivity index (χ1) is 20.3. The SMILES string of the molecule is C[C@@H]1O[C@@H](OC[C@H]2O[C@@H](Oc3c(-c4ccc(O)c(O)c4)oc4cc([O])cc(O)c4c3=O)[C@H](O)[C@@H](O)[C@@H]2O)[C@H](O)[C@H](O)[C@H]1O. The minimum absolute atomic E-state index is 0.0517. The van der Waals surface area contributed by atoms with Crippen molar-refractivity contribution in [3.05, 3.63) is 40.6 Å². The molecule has 16 nitrogen and oxygen atoms in total. The van der Waals surface area contributed by atoms with Gasteiger partial charge >= 0.3 is 0 Å². The Bertz CT molecular complexity index is 1540. The summed E-state index contributed by atoms with van der Waals surface area (Å²) < 4.78 is 27.7. The van der Waals surface area contributed by atoms with Gasteiger partial charge in [-0.15, -0.1) is 0 Å². The highest BCUT2D eigenvalue weighted by Gasteiger charge is 2.47. The fourth-order valence-electron chi connectivity index (χ4n) is 4.83. The maximum absolute atomic E-state index is 13.5. The van der Waals surface area contributed by atoms with Gasteiger partial charge in [-0.1, -0.05) is 0 Å². The van der Waals surface area contributed by atoms with Gasteiger partial charge in [-0.3, -0.25) is 9.90 Å². The summed E-state index contributed by atoms with van der Waals surface area (Å²) in [6, 6.07) is 4.97. The van der Waals surface area contributed by atoms with Crippen LogP contribution in [0.4, 0.5) is 0 Å². The van der Waals surface area contributed by atoms with Gasteiger partial charge < -0.3 is 69.3 Å². The van der Waals surface area contributed by atoms with Gasteiger partial charge in [0.25, 0.3) is 0 Å². The van der Waals surface area contributed by atoms with E-state index in [0.29, 0.717) is 0 Å². The van der Waals surface area contributed by atoms with E-state index in [1.165, 1.54) is 13.0 Å². The Morgan fingerprint density at radius 2 is 1.44 bits per heavy atom. The zero-order chi connectivity index (χ0) is 31.3. The van der Waals surface area contributed by atoms with Crippen molar-refractivity contribution >= 4 is 11.0 Å². The molecule has 3 aromatic rings. The molecule has 2 saturated heterocycles. The van der Waals surface area contributed by atoms with E-state index >= 15 is 0 Å². The Kier molecular flexibility index (Phi) is 8.41. The van der Waals surface area contributed by atoms with Crippen LogP contribution in [-0.2, 0) is 19.3 Å². The quantitative estimate of drug-likeness (QED) is 0.148. The van der Waals surface area contributed by atoms with Crippen LogP contribution in [0.15, 0.2) is 39.5 Å². The molecule has 0 aliphatic carbocycles. The summed E-state index contributed by atoms with van der Waals surface area (Å²) in [5, 5.41) is 103. The van der Waals surface area contributed by atoms with Crippen LogP contribution in [0, 0.1) is 0 Å². The van der Waals surface area contributed by atoms with Gasteiger partial charge in [0, 0.05) is 17.7 Å². The molecule has 16 heteroatoms. The highest BCUT2D eigenvalue weighted by atomic mass is 16.7. The predicted octanol–water partition coefficient (Wildman–Crippen LogP) is -1.25. The van der Waals surface area contributed by atoms with Crippen molar-refractivity contribution in [3.8, 4) is 40.1 Å². The molecule has 0 spiro atoms. The van der Waals surface area contributed by atoms with E-state index in [2.05, 4.69) is 0 Å². The lowest BCUT2D eigenvalue weighted by molar-refractivity contribution is -0.318. The van der Waals surface area contributed by atoms with Gasteiger partial charge in [0.2, 0.25) is 17.5 Å². The number of aliphatic hydroxyl groups excluding tert-OH is 6.